The third kappa shape index (κ3) is 4.22. The number of rotatable bonds is 7. The molecule has 2 heterocycles. The molecule has 152 valence electrons. The first kappa shape index (κ1) is 19.4. The normalized spacial score (nSPS) is 11.4. The summed E-state index contributed by atoms with van der Waals surface area (Å²) in [6, 6.07) is 15.8. The molecular formula is C22H21N5O3. The van der Waals surface area contributed by atoms with Crippen molar-refractivity contribution in [3.8, 4) is 17.1 Å². The number of imidazole rings is 1. The van der Waals surface area contributed by atoms with Gasteiger partial charge in [-0.1, -0.05) is 24.3 Å². The highest BCUT2D eigenvalue weighted by Gasteiger charge is 2.28. The third-order valence-electron chi connectivity index (χ3n) is 4.64. The van der Waals surface area contributed by atoms with Crippen molar-refractivity contribution in [2.45, 2.75) is 13.8 Å². The highest BCUT2D eigenvalue weighted by Crippen LogP contribution is 2.24. The molecule has 0 aliphatic rings. The first-order valence-corrected chi connectivity index (χ1v) is 9.41. The Bertz CT molecular complexity index is 1130. The smallest absolute Gasteiger partial charge is 0.316 e. The van der Waals surface area contributed by atoms with E-state index in [9.17, 15) is 4.79 Å². The first-order chi connectivity index (χ1) is 14.4. The van der Waals surface area contributed by atoms with Crippen molar-refractivity contribution in [3.05, 3.63) is 60.9 Å². The lowest BCUT2D eigenvalue weighted by Gasteiger charge is -2.18. The average molecular weight is 403 g/mol. The Hall–Kier alpha value is -3.94. The zero-order chi connectivity index (χ0) is 21.1. The second-order valence-electron chi connectivity index (χ2n) is 7.54. The summed E-state index contributed by atoms with van der Waals surface area (Å²) in [4.78, 5) is 27.2. The summed E-state index contributed by atoms with van der Waals surface area (Å²) in [6.07, 6.45) is 3.30. The summed E-state index contributed by atoms with van der Waals surface area (Å²) in [5.74, 6) is -0.256. The van der Waals surface area contributed by atoms with Crippen LogP contribution in [0, 0.1) is 5.41 Å². The van der Waals surface area contributed by atoms with E-state index in [4.69, 9.17) is 9.84 Å². The van der Waals surface area contributed by atoms with Gasteiger partial charge in [0.05, 0.1) is 16.4 Å². The van der Waals surface area contributed by atoms with E-state index < -0.39 is 11.4 Å². The van der Waals surface area contributed by atoms with Crippen molar-refractivity contribution in [1.82, 2.24) is 19.9 Å². The molecule has 2 aromatic heterocycles. The van der Waals surface area contributed by atoms with E-state index in [0.717, 1.165) is 27.8 Å². The Kier molecular flexibility index (Phi) is 5.05. The molecular weight excluding hydrogens is 382 g/mol. The average Bonchev–Trinajstić information content (AvgIpc) is 3.15. The predicted molar refractivity (Wildman–Crippen MR) is 114 cm³/mol. The Morgan fingerprint density at radius 2 is 1.77 bits per heavy atom. The molecule has 4 aromatic rings. The minimum atomic E-state index is -1.01. The van der Waals surface area contributed by atoms with E-state index in [0.29, 0.717) is 5.95 Å². The summed E-state index contributed by atoms with van der Waals surface area (Å²) < 4.78 is 5.41. The lowest BCUT2D eigenvalue weighted by molar-refractivity contribution is -0.148. The minimum absolute atomic E-state index is 0.0101. The van der Waals surface area contributed by atoms with Gasteiger partial charge in [0, 0.05) is 23.6 Å². The number of nitrogens with one attached hydrogen (secondary N) is 2. The molecule has 0 amide bonds. The van der Waals surface area contributed by atoms with Crippen LogP contribution in [-0.4, -0.2) is 37.6 Å². The Labute approximate surface area is 173 Å². The van der Waals surface area contributed by atoms with Gasteiger partial charge in [0.1, 0.15) is 6.61 Å². The molecule has 8 nitrogen and oxygen atoms in total. The number of ether oxygens (including phenoxy) is 1. The van der Waals surface area contributed by atoms with Crippen LogP contribution < -0.4 is 10.1 Å². The molecule has 0 aliphatic carbocycles. The van der Waals surface area contributed by atoms with E-state index >= 15 is 0 Å². The van der Waals surface area contributed by atoms with Crippen LogP contribution in [0.2, 0.25) is 0 Å². The summed E-state index contributed by atoms with van der Waals surface area (Å²) in [5.41, 5.74) is 3.54. The van der Waals surface area contributed by atoms with Crippen molar-refractivity contribution >= 4 is 28.6 Å². The fourth-order valence-electron chi connectivity index (χ4n) is 2.74. The fourth-order valence-corrected chi connectivity index (χ4v) is 2.74. The molecule has 2 aromatic carbocycles. The zero-order valence-corrected chi connectivity index (χ0v) is 16.6. The first-order valence-electron chi connectivity index (χ1n) is 9.41. The molecule has 0 spiro atoms. The van der Waals surface area contributed by atoms with Crippen LogP contribution in [0.15, 0.2) is 60.9 Å². The number of H-pyrrole nitrogens is 1. The van der Waals surface area contributed by atoms with E-state index in [1.165, 1.54) is 0 Å². The SMILES string of the molecule is CC(C)(COc1ncc(-c2ccc(Nc3nc4ccccc4[nH]3)cc2)cn1)C(=O)O. The van der Waals surface area contributed by atoms with E-state index in [1.54, 1.807) is 26.2 Å². The maximum atomic E-state index is 11.1. The van der Waals surface area contributed by atoms with Gasteiger partial charge < -0.3 is 20.1 Å². The molecule has 30 heavy (non-hydrogen) atoms. The number of nitrogens with zero attached hydrogens (tertiary/aromatic N) is 3. The number of para-hydroxylation sites is 2. The number of aromatic nitrogens is 4. The lowest BCUT2D eigenvalue weighted by atomic mass is 9.95. The predicted octanol–water partition coefficient (Wildman–Crippen LogP) is 4.25. The number of aromatic amines is 1. The van der Waals surface area contributed by atoms with Gasteiger partial charge in [-0.05, 0) is 43.7 Å². The molecule has 3 N–H and O–H groups in total. The van der Waals surface area contributed by atoms with Crippen molar-refractivity contribution in [2.75, 3.05) is 11.9 Å². The van der Waals surface area contributed by atoms with Crippen LogP contribution in [0.25, 0.3) is 22.2 Å². The second kappa shape index (κ2) is 7.82. The van der Waals surface area contributed by atoms with Crippen molar-refractivity contribution in [2.24, 2.45) is 5.41 Å². The Morgan fingerprint density at radius 3 is 2.43 bits per heavy atom. The lowest BCUT2D eigenvalue weighted by Crippen LogP contribution is -2.31. The summed E-state index contributed by atoms with van der Waals surface area (Å²) in [5, 5.41) is 12.4. The van der Waals surface area contributed by atoms with Crippen LogP contribution >= 0.6 is 0 Å². The number of benzene rings is 2. The number of carboxylic acids is 1. The molecule has 0 fully saturated rings. The van der Waals surface area contributed by atoms with Crippen LogP contribution in [-0.2, 0) is 4.79 Å². The molecule has 0 bridgehead atoms. The van der Waals surface area contributed by atoms with Crippen molar-refractivity contribution < 1.29 is 14.6 Å². The van der Waals surface area contributed by atoms with Crippen LogP contribution in [0.5, 0.6) is 6.01 Å². The van der Waals surface area contributed by atoms with Crippen molar-refractivity contribution in [1.29, 1.82) is 0 Å². The van der Waals surface area contributed by atoms with Crippen molar-refractivity contribution in [3.63, 3.8) is 0 Å². The van der Waals surface area contributed by atoms with Gasteiger partial charge in [-0.25, -0.2) is 15.0 Å². The van der Waals surface area contributed by atoms with Gasteiger partial charge in [-0.2, -0.15) is 0 Å². The van der Waals surface area contributed by atoms with Gasteiger partial charge in [0.15, 0.2) is 0 Å². The Balaban J connectivity index is 1.41. The topological polar surface area (TPSA) is 113 Å². The minimum Gasteiger partial charge on any atom is -0.481 e. The number of hydrogen-bond donors (Lipinski definition) is 3. The molecule has 8 heteroatoms. The fraction of sp³-hybridized carbons (Fsp3) is 0.182. The molecule has 0 unspecified atom stereocenters. The van der Waals surface area contributed by atoms with Gasteiger partial charge in [-0.15, -0.1) is 0 Å². The standard InChI is InChI=1S/C22H21N5O3/c1-22(2,19(28)29)13-30-21-23-11-15(12-24-21)14-7-9-16(10-8-14)25-20-26-17-5-3-4-6-18(17)27-20/h3-12H,13H2,1-2H3,(H,28,29)(H2,25,26,27). The number of fused-ring (bicyclic) bond motifs is 1. The maximum Gasteiger partial charge on any atom is 0.316 e. The maximum absolute atomic E-state index is 11.1. The van der Waals surface area contributed by atoms with Crippen LogP contribution in [0.4, 0.5) is 11.6 Å². The van der Waals surface area contributed by atoms with Crippen LogP contribution in [0.1, 0.15) is 13.8 Å². The molecule has 0 atom stereocenters. The van der Waals surface area contributed by atoms with Gasteiger partial charge in [-0.3, -0.25) is 4.79 Å². The van der Waals surface area contributed by atoms with E-state index in [-0.39, 0.29) is 12.6 Å². The molecule has 0 saturated carbocycles. The van der Waals surface area contributed by atoms with E-state index in [2.05, 4.69) is 25.3 Å². The number of carbonyl (C=O) groups is 1. The highest BCUT2D eigenvalue weighted by atomic mass is 16.5. The largest absolute Gasteiger partial charge is 0.481 e. The molecule has 0 saturated heterocycles. The van der Waals surface area contributed by atoms with Gasteiger partial charge in [0.25, 0.3) is 0 Å². The number of carboxylic acid groups (broad SMARTS) is 1. The monoisotopic (exact) mass is 403 g/mol. The summed E-state index contributed by atoms with van der Waals surface area (Å²) in [7, 11) is 0. The molecule has 0 aliphatic heterocycles. The molecule has 4 rings (SSSR count). The summed E-state index contributed by atoms with van der Waals surface area (Å²) in [6.45, 7) is 3.17. The molecule has 0 radical (unpaired) electrons. The highest BCUT2D eigenvalue weighted by molar-refractivity contribution is 5.78. The second-order valence-corrected chi connectivity index (χ2v) is 7.54. The Morgan fingerprint density at radius 1 is 1.07 bits per heavy atom. The summed E-state index contributed by atoms with van der Waals surface area (Å²) >= 11 is 0. The number of aliphatic carboxylic acids is 1. The van der Waals surface area contributed by atoms with Gasteiger partial charge in [0.2, 0.25) is 5.95 Å². The zero-order valence-electron chi connectivity index (χ0n) is 16.6. The van der Waals surface area contributed by atoms with E-state index in [1.807, 2.05) is 48.5 Å². The van der Waals surface area contributed by atoms with Crippen LogP contribution in [0.3, 0.4) is 0 Å². The third-order valence-corrected chi connectivity index (χ3v) is 4.64. The number of anilines is 2. The van der Waals surface area contributed by atoms with Gasteiger partial charge >= 0.3 is 12.0 Å². The quantitative estimate of drug-likeness (QED) is 0.423. The number of hydrogen-bond acceptors (Lipinski definition) is 6.